The molecule has 4 heteroatoms. The molecule has 0 spiro atoms. The summed E-state index contributed by atoms with van der Waals surface area (Å²) in [6.45, 7) is 4.03. The average Bonchev–Trinajstić information content (AvgIpc) is 2.43. The summed E-state index contributed by atoms with van der Waals surface area (Å²) >= 11 is 1.68. The number of thiophene rings is 1. The molecule has 3 nitrogen and oxygen atoms in total. The van der Waals surface area contributed by atoms with E-state index in [4.69, 9.17) is 0 Å². The van der Waals surface area contributed by atoms with Gasteiger partial charge in [0.2, 0.25) is 0 Å². The fraction of sp³-hybridized carbons (Fsp3) is 0.200. The molecule has 0 aliphatic rings. The number of non-ortho nitro benzene ring substituents is 1. The van der Waals surface area contributed by atoms with E-state index in [-0.39, 0.29) is 10.6 Å². The fourth-order valence-corrected chi connectivity index (χ4v) is 2.50. The molecule has 1 aromatic heterocycles. The van der Waals surface area contributed by atoms with Gasteiger partial charge in [-0.25, -0.2) is 0 Å². The minimum absolute atomic E-state index is 0.165. The van der Waals surface area contributed by atoms with Gasteiger partial charge in [-0.3, -0.25) is 10.1 Å². The zero-order chi connectivity index (χ0) is 10.3. The van der Waals surface area contributed by atoms with Crippen LogP contribution in [0.25, 0.3) is 10.1 Å². The van der Waals surface area contributed by atoms with Crippen LogP contribution in [0, 0.1) is 24.0 Å². The summed E-state index contributed by atoms with van der Waals surface area (Å²) in [5, 5.41) is 11.6. The molecule has 0 bridgehead atoms. The number of aryl methyl sites for hydroxylation is 2. The molecule has 14 heavy (non-hydrogen) atoms. The van der Waals surface area contributed by atoms with E-state index in [0.29, 0.717) is 0 Å². The van der Waals surface area contributed by atoms with E-state index in [0.717, 1.165) is 15.6 Å². The first-order valence-electron chi connectivity index (χ1n) is 4.24. The van der Waals surface area contributed by atoms with Crippen LogP contribution in [0.4, 0.5) is 5.69 Å². The third-order valence-electron chi connectivity index (χ3n) is 2.37. The second-order valence-corrected chi connectivity index (χ2v) is 4.48. The van der Waals surface area contributed by atoms with E-state index >= 15 is 0 Å². The van der Waals surface area contributed by atoms with Crippen molar-refractivity contribution in [1.82, 2.24) is 0 Å². The maximum atomic E-state index is 10.6. The van der Waals surface area contributed by atoms with Crippen molar-refractivity contribution in [3.05, 3.63) is 38.8 Å². The molecule has 0 radical (unpaired) electrons. The number of nitrogens with zero attached hydrogens (tertiary/aromatic N) is 1. The van der Waals surface area contributed by atoms with E-state index in [1.807, 2.05) is 19.9 Å². The molecular weight excluding hydrogens is 198 g/mol. The van der Waals surface area contributed by atoms with E-state index in [2.05, 4.69) is 0 Å². The molecule has 0 atom stereocenters. The molecular formula is C10H9NO2S. The summed E-state index contributed by atoms with van der Waals surface area (Å²) in [4.78, 5) is 11.4. The van der Waals surface area contributed by atoms with Crippen LogP contribution in [0.3, 0.4) is 0 Å². The van der Waals surface area contributed by atoms with Crippen molar-refractivity contribution in [2.45, 2.75) is 13.8 Å². The zero-order valence-electron chi connectivity index (χ0n) is 7.90. The number of nitro groups is 1. The maximum Gasteiger partial charge on any atom is 0.270 e. The highest BCUT2D eigenvalue weighted by Crippen LogP contribution is 2.32. The molecule has 0 saturated heterocycles. The van der Waals surface area contributed by atoms with Gasteiger partial charge in [0, 0.05) is 27.1 Å². The Hall–Kier alpha value is -1.42. The standard InChI is InChI=1S/C10H9NO2S/c1-6-7(2)14-10-4-3-8(11(12)13)5-9(6)10/h3-5H,1-2H3. The van der Waals surface area contributed by atoms with Crippen LogP contribution < -0.4 is 0 Å². The first-order chi connectivity index (χ1) is 6.59. The summed E-state index contributed by atoms with van der Waals surface area (Å²) < 4.78 is 1.12. The lowest BCUT2D eigenvalue weighted by Gasteiger charge is -1.92. The Kier molecular flexibility index (Phi) is 2.00. The van der Waals surface area contributed by atoms with Gasteiger partial charge in [0.25, 0.3) is 5.69 Å². The molecule has 0 fully saturated rings. The molecule has 0 N–H and O–H groups in total. The second-order valence-electron chi connectivity index (χ2n) is 3.22. The molecule has 0 amide bonds. The smallest absolute Gasteiger partial charge is 0.258 e. The lowest BCUT2D eigenvalue weighted by Crippen LogP contribution is -1.86. The predicted octanol–water partition coefficient (Wildman–Crippen LogP) is 3.43. The summed E-state index contributed by atoms with van der Waals surface area (Å²) in [5.41, 5.74) is 1.31. The van der Waals surface area contributed by atoms with Gasteiger partial charge in [0.15, 0.2) is 0 Å². The number of fused-ring (bicyclic) bond motifs is 1. The largest absolute Gasteiger partial charge is 0.270 e. The van der Waals surface area contributed by atoms with Gasteiger partial charge in [0.05, 0.1) is 4.92 Å². The highest BCUT2D eigenvalue weighted by Gasteiger charge is 2.10. The Balaban J connectivity index is 2.76. The Morgan fingerprint density at radius 2 is 2.07 bits per heavy atom. The van der Waals surface area contributed by atoms with Crippen LogP contribution >= 0.6 is 11.3 Å². The average molecular weight is 207 g/mol. The van der Waals surface area contributed by atoms with Gasteiger partial charge in [-0.2, -0.15) is 0 Å². The SMILES string of the molecule is Cc1sc2ccc([N+](=O)[O-])cc2c1C. The van der Waals surface area contributed by atoms with Crippen LogP contribution in [0.1, 0.15) is 10.4 Å². The fourth-order valence-electron chi connectivity index (χ4n) is 1.44. The number of nitro benzene ring substituents is 1. The number of benzene rings is 1. The molecule has 0 saturated carbocycles. The van der Waals surface area contributed by atoms with Crippen LogP contribution in [-0.4, -0.2) is 4.92 Å². The van der Waals surface area contributed by atoms with Crippen molar-refractivity contribution in [2.75, 3.05) is 0 Å². The second kappa shape index (κ2) is 3.06. The van der Waals surface area contributed by atoms with Crippen molar-refractivity contribution >= 4 is 27.1 Å². The van der Waals surface area contributed by atoms with Crippen molar-refractivity contribution in [3.8, 4) is 0 Å². The summed E-state index contributed by atoms with van der Waals surface area (Å²) in [5.74, 6) is 0. The third kappa shape index (κ3) is 1.28. The van der Waals surface area contributed by atoms with Crippen molar-refractivity contribution < 1.29 is 4.92 Å². The van der Waals surface area contributed by atoms with E-state index < -0.39 is 0 Å². The third-order valence-corrected chi connectivity index (χ3v) is 3.56. The highest BCUT2D eigenvalue weighted by atomic mass is 32.1. The van der Waals surface area contributed by atoms with Gasteiger partial charge in [-0.15, -0.1) is 11.3 Å². The number of hydrogen-bond donors (Lipinski definition) is 0. The molecule has 72 valence electrons. The molecule has 0 unspecified atom stereocenters. The van der Waals surface area contributed by atoms with Gasteiger partial charge < -0.3 is 0 Å². The Morgan fingerprint density at radius 1 is 1.36 bits per heavy atom. The van der Waals surface area contributed by atoms with Crippen LogP contribution in [0.5, 0.6) is 0 Å². The quantitative estimate of drug-likeness (QED) is 0.531. The topological polar surface area (TPSA) is 43.1 Å². The zero-order valence-corrected chi connectivity index (χ0v) is 8.72. The lowest BCUT2D eigenvalue weighted by atomic mass is 10.1. The van der Waals surface area contributed by atoms with Crippen molar-refractivity contribution in [2.24, 2.45) is 0 Å². The van der Waals surface area contributed by atoms with Crippen LogP contribution in [0.2, 0.25) is 0 Å². The minimum Gasteiger partial charge on any atom is -0.258 e. The molecule has 1 heterocycles. The van der Waals surface area contributed by atoms with Crippen molar-refractivity contribution in [3.63, 3.8) is 0 Å². The van der Waals surface area contributed by atoms with Crippen LogP contribution in [0.15, 0.2) is 18.2 Å². The van der Waals surface area contributed by atoms with Crippen LogP contribution in [-0.2, 0) is 0 Å². The van der Waals surface area contributed by atoms with Gasteiger partial charge in [-0.05, 0) is 25.5 Å². The molecule has 0 aliphatic carbocycles. The highest BCUT2D eigenvalue weighted by molar-refractivity contribution is 7.19. The van der Waals surface area contributed by atoms with E-state index in [1.54, 1.807) is 23.5 Å². The van der Waals surface area contributed by atoms with Gasteiger partial charge in [-0.1, -0.05) is 0 Å². The van der Waals surface area contributed by atoms with Gasteiger partial charge in [0.1, 0.15) is 0 Å². The summed E-state index contributed by atoms with van der Waals surface area (Å²) in [7, 11) is 0. The lowest BCUT2D eigenvalue weighted by molar-refractivity contribution is -0.384. The number of rotatable bonds is 1. The van der Waals surface area contributed by atoms with E-state index in [1.165, 1.54) is 4.88 Å². The first kappa shape index (κ1) is 9.15. The first-order valence-corrected chi connectivity index (χ1v) is 5.05. The Morgan fingerprint density at radius 3 is 2.71 bits per heavy atom. The maximum absolute atomic E-state index is 10.6. The number of hydrogen-bond acceptors (Lipinski definition) is 3. The summed E-state index contributed by atoms with van der Waals surface area (Å²) in [6.07, 6.45) is 0. The molecule has 2 aromatic rings. The summed E-state index contributed by atoms with van der Waals surface area (Å²) in [6, 6.07) is 5.02. The van der Waals surface area contributed by atoms with Gasteiger partial charge >= 0.3 is 0 Å². The Bertz CT molecular complexity index is 516. The predicted molar refractivity (Wildman–Crippen MR) is 58.0 cm³/mol. The van der Waals surface area contributed by atoms with Crippen molar-refractivity contribution in [1.29, 1.82) is 0 Å². The van der Waals surface area contributed by atoms with E-state index in [9.17, 15) is 10.1 Å². The minimum atomic E-state index is -0.355. The molecule has 1 aromatic carbocycles. The normalized spacial score (nSPS) is 10.7. The Labute approximate surface area is 85.1 Å². The molecule has 2 rings (SSSR count). The molecule has 0 aliphatic heterocycles. The monoisotopic (exact) mass is 207 g/mol.